The first-order valence-electron chi connectivity index (χ1n) is 10.9. The van der Waals surface area contributed by atoms with E-state index in [1.54, 1.807) is 41.0 Å². The van der Waals surface area contributed by atoms with Gasteiger partial charge in [-0.3, -0.25) is 14.9 Å². The van der Waals surface area contributed by atoms with Crippen molar-refractivity contribution < 1.29 is 23.5 Å². The van der Waals surface area contributed by atoms with Gasteiger partial charge in [-0.05, 0) is 49.1 Å². The van der Waals surface area contributed by atoms with Crippen LogP contribution >= 0.6 is 11.6 Å². The van der Waals surface area contributed by atoms with Crippen LogP contribution in [0.15, 0.2) is 42.5 Å². The number of anilines is 1. The van der Waals surface area contributed by atoms with Crippen LogP contribution in [0.2, 0.25) is 5.02 Å². The molecular weight excluding hydrogens is 463 g/mol. The lowest BCUT2D eigenvalue weighted by atomic mass is 9.86. The second-order valence-electron chi connectivity index (χ2n) is 8.30. The molecule has 0 aromatic heterocycles. The molecule has 0 aliphatic carbocycles. The number of aryl methyl sites for hydroxylation is 1. The largest absolute Gasteiger partial charge is 0.447 e. The van der Waals surface area contributed by atoms with Crippen molar-refractivity contribution in [3.05, 3.63) is 64.4 Å². The number of carbonyl (C=O) groups is 3. The third kappa shape index (κ3) is 6.03. The Morgan fingerprint density at radius 1 is 1.26 bits per heavy atom. The number of likely N-dealkylation sites (tertiary alicyclic amines) is 1. The lowest BCUT2D eigenvalue weighted by molar-refractivity contribution is -0.137. The van der Waals surface area contributed by atoms with E-state index in [1.165, 1.54) is 6.07 Å². The van der Waals surface area contributed by atoms with Crippen molar-refractivity contribution in [1.82, 2.24) is 9.80 Å². The topological polar surface area (TPSA) is 105 Å². The van der Waals surface area contributed by atoms with Crippen LogP contribution in [0.3, 0.4) is 0 Å². The molecule has 0 spiro atoms. The van der Waals surface area contributed by atoms with Gasteiger partial charge in [0.2, 0.25) is 12.3 Å². The normalized spacial score (nSPS) is 14.9. The van der Waals surface area contributed by atoms with Gasteiger partial charge in [-0.2, -0.15) is 0 Å². The fraction of sp³-hybridized carbons (Fsp3) is 0.375. The standard InChI is InChI=1S/C24H28ClFN4O4/c1-17-6-7-19(12-21(17)26)28-23(33)34-15-24(8-10-29(11-9-24)22(32)13-27)30(16-31)14-18-4-2-3-5-20(18)25/h2-7,12,16H,8-11,13-15,27H2,1H3,(H,28,33). The molecule has 2 aromatic rings. The molecule has 1 saturated heterocycles. The van der Waals surface area contributed by atoms with E-state index in [2.05, 4.69) is 5.32 Å². The number of carbonyl (C=O) groups excluding carboxylic acids is 3. The summed E-state index contributed by atoms with van der Waals surface area (Å²) in [6.45, 7) is 2.34. The molecule has 3 amide bonds. The predicted octanol–water partition coefficient (Wildman–Crippen LogP) is 3.31. The van der Waals surface area contributed by atoms with Gasteiger partial charge in [0.25, 0.3) is 0 Å². The lowest BCUT2D eigenvalue weighted by Gasteiger charge is -2.46. The van der Waals surface area contributed by atoms with E-state index in [1.807, 2.05) is 12.1 Å². The van der Waals surface area contributed by atoms with Gasteiger partial charge >= 0.3 is 6.09 Å². The van der Waals surface area contributed by atoms with E-state index in [4.69, 9.17) is 22.1 Å². The summed E-state index contributed by atoms with van der Waals surface area (Å²) in [5, 5.41) is 3.02. The summed E-state index contributed by atoms with van der Waals surface area (Å²) in [4.78, 5) is 39.9. The molecule has 34 heavy (non-hydrogen) atoms. The highest BCUT2D eigenvalue weighted by Crippen LogP contribution is 2.31. The highest BCUT2D eigenvalue weighted by Gasteiger charge is 2.42. The molecule has 0 unspecified atom stereocenters. The van der Waals surface area contributed by atoms with Crippen LogP contribution < -0.4 is 11.1 Å². The summed E-state index contributed by atoms with van der Waals surface area (Å²) < 4.78 is 19.3. The van der Waals surface area contributed by atoms with Gasteiger partial charge < -0.3 is 20.3 Å². The lowest BCUT2D eigenvalue weighted by Crippen LogP contribution is -2.59. The summed E-state index contributed by atoms with van der Waals surface area (Å²) in [6, 6.07) is 11.5. The molecule has 1 fully saturated rings. The van der Waals surface area contributed by atoms with Crippen LogP contribution in [0.5, 0.6) is 0 Å². The first kappa shape index (κ1) is 25.5. The molecule has 0 bridgehead atoms. The zero-order chi connectivity index (χ0) is 24.7. The van der Waals surface area contributed by atoms with Crippen LogP contribution in [0.25, 0.3) is 0 Å². The Balaban J connectivity index is 1.76. The molecule has 1 aliphatic heterocycles. The van der Waals surface area contributed by atoms with E-state index >= 15 is 0 Å². The Hall–Kier alpha value is -3.17. The predicted molar refractivity (Wildman–Crippen MR) is 127 cm³/mol. The van der Waals surface area contributed by atoms with Gasteiger partial charge in [-0.1, -0.05) is 35.9 Å². The minimum absolute atomic E-state index is 0.101. The first-order chi connectivity index (χ1) is 16.3. The number of ether oxygens (including phenoxy) is 1. The van der Waals surface area contributed by atoms with E-state index < -0.39 is 17.4 Å². The van der Waals surface area contributed by atoms with Gasteiger partial charge in [0.05, 0.1) is 12.1 Å². The van der Waals surface area contributed by atoms with E-state index in [-0.39, 0.29) is 31.3 Å². The van der Waals surface area contributed by atoms with Gasteiger partial charge in [0.15, 0.2) is 0 Å². The number of hydrogen-bond donors (Lipinski definition) is 2. The Labute approximate surface area is 202 Å². The van der Waals surface area contributed by atoms with Crippen molar-refractivity contribution in [1.29, 1.82) is 0 Å². The van der Waals surface area contributed by atoms with Gasteiger partial charge in [0.1, 0.15) is 12.4 Å². The van der Waals surface area contributed by atoms with Crippen molar-refractivity contribution in [2.45, 2.75) is 31.8 Å². The summed E-state index contributed by atoms with van der Waals surface area (Å²) in [5.41, 5.74) is 6.09. The highest BCUT2D eigenvalue weighted by molar-refractivity contribution is 6.31. The fourth-order valence-corrected chi connectivity index (χ4v) is 4.16. The minimum atomic E-state index is -0.859. The zero-order valence-electron chi connectivity index (χ0n) is 18.9. The van der Waals surface area contributed by atoms with Gasteiger partial charge in [-0.25, -0.2) is 9.18 Å². The van der Waals surface area contributed by atoms with Crippen LogP contribution in [0.4, 0.5) is 14.9 Å². The Morgan fingerprint density at radius 2 is 1.97 bits per heavy atom. The minimum Gasteiger partial charge on any atom is -0.447 e. The number of halogens is 2. The van der Waals surface area contributed by atoms with Crippen molar-refractivity contribution in [3.63, 3.8) is 0 Å². The third-order valence-corrected chi connectivity index (χ3v) is 6.52. The summed E-state index contributed by atoms with van der Waals surface area (Å²) in [7, 11) is 0. The Morgan fingerprint density at radius 3 is 2.59 bits per heavy atom. The SMILES string of the molecule is Cc1ccc(NC(=O)OCC2(N(C=O)Cc3ccccc3Cl)CCN(C(=O)CN)CC2)cc1F. The molecule has 3 N–H and O–H groups in total. The second-order valence-corrected chi connectivity index (χ2v) is 8.71. The van der Waals surface area contributed by atoms with Crippen molar-refractivity contribution in [3.8, 4) is 0 Å². The van der Waals surface area contributed by atoms with E-state index in [0.29, 0.717) is 42.9 Å². The molecule has 3 rings (SSSR count). The van der Waals surface area contributed by atoms with Gasteiger partial charge in [0, 0.05) is 30.3 Å². The average molecular weight is 491 g/mol. The third-order valence-electron chi connectivity index (χ3n) is 6.15. The highest BCUT2D eigenvalue weighted by atomic mass is 35.5. The van der Waals surface area contributed by atoms with Crippen molar-refractivity contribution >= 4 is 35.7 Å². The molecule has 8 nitrogen and oxygen atoms in total. The maximum absolute atomic E-state index is 13.8. The monoisotopic (exact) mass is 490 g/mol. The van der Waals surface area contributed by atoms with E-state index in [0.717, 1.165) is 5.56 Å². The number of benzene rings is 2. The number of piperidine rings is 1. The zero-order valence-corrected chi connectivity index (χ0v) is 19.7. The van der Waals surface area contributed by atoms with Crippen LogP contribution in [0.1, 0.15) is 24.0 Å². The quantitative estimate of drug-likeness (QED) is 0.552. The first-order valence-corrected chi connectivity index (χ1v) is 11.3. The van der Waals surface area contributed by atoms with Crippen molar-refractivity contribution in [2.24, 2.45) is 5.73 Å². The molecule has 1 aliphatic rings. The average Bonchev–Trinajstić information content (AvgIpc) is 2.84. The maximum Gasteiger partial charge on any atom is 0.411 e. The molecule has 0 saturated carbocycles. The smallest absolute Gasteiger partial charge is 0.411 e. The molecule has 2 aromatic carbocycles. The molecule has 0 radical (unpaired) electrons. The maximum atomic E-state index is 13.8. The van der Waals surface area contributed by atoms with Crippen LogP contribution in [0, 0.1) is 12.7 Å². The number of nitrogens with two attached hydrogens (primary N) is 1. The van der Waals surface area contributed by atoms with Crippen molar-refractivity contribution in [2.75, 3.05) is 31.6 Å². The number of hydrogen-bond acceptors (Lipinski definition) is 5. The Kier molecular flexibility index (Phi) is 8.46. The fourth-order valence-electron chi connectivity index (χ4n) is 3.97. The second kappa shape index (κ2) is 11.3. The van der Waals surface area contributed by atoms with Crippen LogP contribution in [-0.2, 0) is 20.9 Å². The van der Waals surface area contributed by atoms with Crippen LogP contribution in [-0.4, -0.2) is 60.0 Å². The molecule has 0 atom stereocenters. The molecule has 1 heterocycles. The number of nitrogens with zero attached hydrogens (tertiary/aromatic N) is 2. The van der Waals surface area contributed by atoms with Gasteiger partial charge in [-0.15, -0.1) is 0 Å². The number of nitrogens with one attached hydrogen (secondary N) is 1. The Bertz CT molecular complexity index is 1040. The molecule has 182 valence electrons. The number of rotatable bonds is 8. The summed E-state index contributed by atoms with van der Waals surface area (Å²) in [6.07, 6.45) is 0.704. The number of amides is 3. The molecule has 10 heteroatoms. The van der Waals surface area contributed by atoms with E-state index in [9.17, 15) is 18.8 Å². The summed E-state index contributed by atoms with van der Waals surface area (Å²) in [5.74, 6) is -0.629. The summed E-state index contributed by atoms with van der Waals surface area (Å²) >= 11 is 6.30. The molecular formula is C24H28ClFN4O4.